The summed E-state index contributed by atoms with van der Waals surface area (Å²) in [6.07, 6.45) is 2.69. The predicted molar refractivity (Wildman–Crippen MR) is 93.4 cm³/mol. The first-order valence-corrected chi connectivity index (χ1v) is 8.94. The van der Waals surface area contributed by atoms with Gasteiger partial charge in [-0.1, -0.05) is 24.3 Å². The van der Waals surface area contributed by atoms with Gasteiger partial charge in [0.2, 0.25) is 11.8 Å². The summed E-state index contributed by atoms with van der Waals surface area (Å²) in [4.78, 5) is 26.9. The number of aryl methyl sites for hydroxylation is 1. The zero-order chi connectivity index (χ0) is 17.1. The molecule has 0 bridgehead atoms. The fourth-order valence-corrected chi connectivity index (χ4v) is 3.78. The largest absolute Gasteiger partial charge is 0.355 e. The quantitative estimate of drug-likeness (QED) is 0.858. The Bertz CT molecular complexity index is 616. The highest BCUT2D eigenvalue weighted by molar-refractivity contribution is 5.85. The highest BCUT2D eigenvalue weighted by atomic mass is 16.2. The van der Waals surface area contributed by atoms with Crippen molar-refractivity contribution in [3.63, 3.8) is 0 Å². The summed E-state index contributed by atoms with van der Waals surface area (Å²) in [5.74, 6) is 0.607. The van der Waals surface area contributed by atoms with Crippen molar-refractivity contribution >= 4 is 11.8 Å². The van der Waals surface area contributed by atoms with Crippen molar-refractivity contribution in [2.45, 2.75) is 32.1 Å². The number of nitrogens with zero attached hydrogens (tertiary/aromatic N) is 1. The standard InChI is InChI=1S/C19H27N3O2/c1-13-5-2-3-7-15(13)16-11-17(16)19(24)22-10-4-6-14(12-22)18(23)21-9-8-20/h2-3,5,7,14,16-17H,4,6,8-12,20H2,1H3,(H,21,23). The third-order valence-corrected chi connectivity index (χ3v) is 5.24. The minimum absolute atomic E-state index is 0.0317. The molecule has 3 N–H and O–H groups in total. The molecule has 2 aliphatic rings. The number of carbonyl (C=O) groups is 2. The Morgan fingerprint density at radius 2 is 2.12 bits per heavy atom. The maximum Gasteiger partial charge on any atom is 0.226 e. The Morgan fingerprint density at radius 1 is 1.33 bits per heavy atom. The van der Waals surface area contributed by atoms with Crippen molar-refractivity contribution in [3.05, 3.63) is 35.4 Å². The van der Waals surface area contributed by atoms with E-state index in [4.69, 9.17) is 5.73 Å². The lowest BCUT2D eigenvalue weighted by atomic mass is 9.96. The summed E-state index contributed by atoms with van der Waals surface area (Å²) in [5, 5.41) is 2.85. The van der Waals surface area contributed by atoms with Crippen LogP contribution in [-0.2, 0) is 9.59 Å². The first kappa shape index (κ1) is 17.0. The molecule has 2 fully saturated rings. The SMILES string of the molecule is Cc1ccccc1C1CC1C(=O)N1CCCC(C(=O)NCCN)C1. The summed E-state index contributed by atoms with van der Waals surface area (Å²) < 4.78 is 0. The summed E-state index contributed by atoms with van der Waals surface area (Å²) in [5.41, 5.74) is 7.99. The average Bonchev–Trinajstić information content (AvgIpc) is 3.40. The molecule has 3 unspecified atom stereocenters. The molecule has 1 saturated carbocycles. The highest BCUT2D eigenvalue weighted by Gasteiger charge is 2.47. The lowest BCUT2D eigenvalue weighted by Crippen LogP contribution is -2.46. The van der Waals surface area contributed by atoms with Gasteiger partial charge in [0, 0.05) is 32.1 Å². The van der Waals surface area contributed by atoms with Crippen LogP contribution in [0.1, 0.15) is 36.3 Å². The van der Waals surface area contributed by atoms with E-state index < -0.39 is 0 Å². The van der Waals surface area contributed by atoms with Gasteiger partial charge in [-0.05, 0) is 43.2 Å². The van der Waals surface area contributed by atoms with Crippen LogP contribution in [0.15, 0.2) is 24.3 Å². The number of nitrogens with one attached hydrogen (secondary N) is 1. The van der Waals surface area contributed by atoms with Crippen LogP contribution in [0.5, 0.6) is 0 Å². The Balaban J connectivity index is 1.58. The summed E-state index contributed by atoms with van der Waals surface area (Å²) >= 11 is 0. The van der Waals surface area contributed by atoms with Crippen molar-refractivity contribution in [2.75, 3.05) is 26.2 Å². The molecular weight excluding hydrogens is 302 g/mol. The van der Waals surface area contributed by atoms with Gasteiger partial charge < -0.3 is 16.0 Å². The Labute approximate surface area is 143 Å². The van der Waals surface area contributed by atoms with E-state index in [1.54, 1.807) is 0 Å². The van der Waals surface area contributed by atoms with Crippen LogP contribution in [0.2, 0.25) is 0 Å². The number of rotatable bonds is 5. The molecule has 5 heteroatoms. The van der Waals surface area contributed by atoms with E-state index in [9.17, 15) is 9.59 Å². The van der Waals surface area contributed by atoms with E-state index in [-0.39, 0.29) is 23.7 Å². The first-order chi connectivity index (χ1) is 11.6. The average molecular weight is 329 g/mol. The molecule has 1 saturated heterocycles. The number of carbonyl (C=O) groups excluding carboxylic acids is 2. The molecule has 1 aromatic carbocycles. The minimum atomic E-state index is -0.0927. The molecule has 0 spiro atoms. The number of hydrogen-bond donors (Lipinski definition) is 2. The summed E-state index contributed by atoms with van der Waals surface area (Å²) in [6, 6.07) is 8.31. The predicted octanol–water partition coefficient (Wildman–Crippen LogP) is 1.41. The fourth-order valence-electron chi connectivity index (χ4n) is 3.78. The lowest BCUT2D eigenvalue weighted by molar-refractivity contribution is -0.136. The molecule has 5 nitrogen and oxygen atoms in total. The molecule has 2 amide bonds. The van der Waals surface area contributed by atoms with Gasteiger partial charge >= 0.3 is 0 Å². The Kier molecular flexibility index (Phi) is 5.19. The minimum Gasteiger partial charge on any atom is -0.355 e. The Morgan fingerprint density at radius 3 is 2.88 bits per heavy atom. The van der Waals surface area contributed by atoms with Gasteiger partial charge in [-0.3, -0.25) is 9.59 Å². The molecule has 1 aliphatic heterocycles. The zero-order valence-electron chi connectivity index (χ0n) is 14.3. The normalized spacial score (nSPS) is 26.1. The molecular formula is C19H27N3O2. The smallest absolute Gasteiger partial charge is 0.226 e. The first-order valence-electron chi connectivity index (χ1n) is 8.94. The zero-order valence-corrected chi connectivity index (χ0v) is 14.3. The number of benzene rings is 1. The van der Waals surface area contributed by atoms with Crippen molar-refractivity contribution < 1.29 is 9.59 Å². The van der Waals surface area contributed by atoms with Gasteiger partial charge in [-0.15, -0.1) is 0 Å². The van der Waals surface area contributed by atoms with E-state index in [1.807, 2.05) is 17.0 Å². The van der Waals surface area contributed by atoms with Gasteiger partial charge in [0.25, 0.3) is 0 Å². The number of nitrogens with two attached hydrogens (primary N) is 1. The van der Waals surface area contributed by atoms with Gasteiger partial charge in [0.05, 0.1) is 5.92 Å². The Hall–Kier alpha value is -1.88. The second kappa shape index (κ2) is 7.34. The van der Waals surface area contributed by atoms with Crippen LogP contribution in [0.4, 0.5) is 0 Å². The van der Waals surface area contributed by atoms with Gasteiger partial charge in [-0.25, -0.2) is 0 Å². The molecule has 130 valence electrons. The van der Waals surface area contributed by atoms with Crippen molar-refractivity contribution in [1.29, 1.82) is 0 Å². The molecule has 0 radical (unpaired) electrons. The van der Waals surface area contributed by atoms with Crippen LogP contribution in [0.25, 0.3) is 0 Å². The number of amides is 2. The second-order valence-electron chi connectivity index (χ2n) is 7.01. The van der Waals surface area contributed by atoms with E-state index in [2.05, 4.69) is 24.4 Å². The van der Waals surface area contributed by atoms with Crippen molar-refractivity contribution in [3.8, 4) is 0 Å². The molecule has 24 heavy (non-hydrogen) atoms. The van der Waals surface area contributed by atoms with Crippen LogP contribution in [-0.4, -0.2) is 42.9 Å². The van der Waals surface area contributed by atoms with E-state index in [0.717, 1.165) is 25.8 Å². The maximum absolute atomic E-state index is 12.8. The fraction of sp³-hybridized carbons (Fsp3) is 0.579. The van der Waals surface area contributed by atoms with E-state index in [1.165, 1.54) is 11.1 Å². The van der Waals surface area contributed by atoms with Crippen molar-refractivity contribution in [2.24, 2.45) is 17.6 Å². The van der Waals surface area contributed by atoms with Crippen LogP contribution >= 0.6 is 0 Å². The van der Waals surface area contributed by atoms with Crippen molar-refractivity contribution in [1.82, 2.24) is 10.2 Å². The molecule has 1 aliphatic carbocycles. The van der Waals surface area contributed by atoms with Gasteiger partial charge in [-0.2, -0.15) is 0 Å². The van der Waals surface area contributed by atoms with Gasteiger partial charge in [0.1, 0.15) is 0 Å². The monoisotopic (exact) mass is 329 g/mol. The number of likely N-dealkylation sites (tertiary alicyclic amines) is 1. The summed E-state index contributed by atoms with van der Waals surface area (Å²) in [6.45, 7) is 4.37. The molecule has 3 rings (SSSR count). The van der Waals surface area contributed by atoms with E-state index in [0.29, 0.717) is 25.6 Å². The third kappa shape index (κ3) is 3.61. The molecule has 1 aromatic rings. The number of hydrogen-bond acceptors (Lipinski definition) is 3. The molecule has 3 atom stereocenters. The second-order valence-corrected chi connectivity index (χ2v) is 7.01. The highest BCUT2D eigenvalue weighted by Crippen LogP contribution is 2.49. The van der Waals surface area contributed by atoms with E-state index >= 15 is 0 Å². The topological polar surface area (TPSA) is 75.4 Å². The van der Waals surface area contributed by atoms with Crippen LogP contribution in [0.3, 0.4) is 0 Å². The molecule has 0 aromatic heterocycles. The summed E-state index contributed by atoms with van der Waals surface area (Å²) in [7, 11) is 0. The van der Waals surface area contributed by atoms with Gasteiger partial charge in [0.15, 0.2) is 0 Å². The third-order valence-electron chi connectivity index (χ3n) is 5.24. The molecule has 1 heterocycles. The van der Waals surface area contributed by atoms with Crippen LogP contribution < -0.4 is 11.1 Å². The number of piperidine rings is 1. The maximum atomic E-state index is 12.8. The lowest BCUT2D eigenvalue weighted by Gasteiger charge is -2.32. The van der Waals surface area contributed by atoms with Crippen LogP contribution in [0, 0.1) is 18.8 Å².